The van der Waals surface area contributed by atoms with Crippen molar-refractivity contribution in [2.45, 2.75) is 19.9 Å². The monoisotopic (exact) mass is 209 g/mol. The summed E-state index contributed by atoms with van der Waals surface area (Å²) >= 11 is 0. The average Bonchev–Trinajstić information content (AvgIpc) is 2.65. The van der Waals surface area contributed by atoms with Crippen LogP contribution in [0.3, 0.4) is 0 Å². The van der Waals surface area contributed by atoms with Gasteiger partial charge in [0.1, 0.15) is 6.26 Å². The van der Waals surface area contributed by atoms with Gasteiger partial charge in [0.05, 0.1) is 0 Å². The lowest BCUT2D eigenvalue weighted by Gasteiger charge is -2.33. The zero-order valence-corrected chi connectivity index (χ0v) is 8.99. The largest absolute Gasteiger partial charge is 0.448 e. The SMILES string of the molecule is Cc1nc(C(=O)N2CCNCC2C)co1. The first-order valence-electron chi connectivity index (χ1n) is 5.12. The van der Waals surface area contributed by atoms with Gasteiger partial charge in [-0.25, -0.2) is 4.98 Å². The van der Waals surface area contributed by atoms with Crippen molar-refractivity contribution >= 4 is 5.91 Å². The maximum atomic E-state index is 12.0. The van der Waals surface area contributed by atoms with Crippen molar-refractivity contribution in [2.75, 3.05) is 19.6 Å². The van der Waals surface area contributed by atoms with E-state index in [0.29, 0.717) is 11.6 Å². The molecular formula is C10H15N3O2. The standard InChI is InChI=1S/C10H15N3O2/c1-7-5-11-3-4-13(7)10(14)9-6-15-8(2)12-9/h6-7,11H,3-5H2,1-2H3. The Morgan fingerprint density at radius 3 is 3.13 bits per heavy atom. The minimum atomic E-state index is -0.0409. The van der Waals surface area contributed by atoms with Gasteiger partial charge in [-0.2, -0.15) is 0 Å². The Kier molecular flexibility index (Phi) is 2.73. The third kappa shape index (κ3) is 2.02. The summed E-state index contributed by atoms with van der Waals surface area (Å²) in [5, 5.41) is 3.24. The van der Waals surface area contributed by atoms with Crippen LogP contribution in [0.5, 0.6) is 0 Å². The Hall–Kier alpha value is -1.36. The summed E-state index contributed by atoms with van der Waals surface area (Å²) in [6.45, 7) is 6.16. The number of nitrogens with zero attached hydrogens (tertiary/aromatic N) is 2. The van der Waals surface area contributed by atoms with Gasteiger partial charge >= 0.3 is 0 Å². The lowest BCUT2D eigenvalue weighted by molar-refractivity contribution is 0.0649. The molecule has 2 heterocycles. The van der Waals surface area contributed by atoms with E-state index in [1.54, 1.807) is 6.92 Å². The number of rotatable bonds is 1. The van der Waals surface area contributed by atoms with Crippen molar-refractivity contribution in [1.82, 2.24) is 15.2 Å². The quantitative estimate of drug-likeness (QED) is 0.728. The van der Waals surface area contributed by atoms with E-state index < -0.39 is 0 Å². The number of piperazine rings is 1. The first-order chi connectivity index (χ1) is 7.18. The van der Waals surface area contributed by atoms with Gasteiger partial charge in [0.15, 0.2) is 11.6 Å². The fourth-order valence-corrected chi connectivity index (χ4v) is 1.75. The van der Waals surface area contributed by atoms with Gasteiger partial charge in [-0.3, -0.25) is 4.79 Å². The molecule has 1 unspecified atom stereocenters. The predicted octanol–water partition coefficient (Wildman–Crippen LogP) is 0.417. The van der Waals surface area contributed by atoms with Crippen LogP contribution in [-0.2, 0) is 0 Å². The lowest BCUT2D eigenvalue weighted by atomic mass is 10.2. The second-order valence-corrected chi connectivity index (χ2v) is 3.80. The summed E-state index contributed by atoms with van der Waals surface area (Å²) in [5.74, 6) is 0.488. The summed E-state index contributed by atoms with van der Waals surface area (Å²) in [5.41, 5.74) is 0.404. The van der Waals surface area contributed by atoms with Crippen molar-refractivity contribution in [1.29, 1.82) is 0 Å². The summed E-state index contributed by atoms with van der Waals surface area (Å²) in [6, 6.07) is 0.211. The number of oxazole rings is 1. The smallest absolute Gasteiger partial charge is 0.276 e. The Balaban J connectivity index is 2.13. The second kappa shape index (κ2) is 4.02. The molecule has 2 rings (SSSR count). The fraction of sp³-hybridized carbons (Fsp3) is 0.600. The van der Waals surface area contributed by atoms with E-state index in [-0.39, 0.29) is 11.9 Å². The van der Waals surface area contributed by atoms with Crippen molar-refractivity contribution in [2.24, 2.45) is 0 Å². The van der Waals surface area contributed by atoms with E-state index in [1.807, 2.05) is 11.8 Å². The van der Waals surface area contributed by atoms with Gasteiger partial charge in [0, 0.05) is 32.6 Å². The molecule has 82 valence electrons. The zero-order valence-electron chi connectivity index (χ0n) is 8.99. The maximum absolute atomic E-state index is 12.0. The highest BCUT2D eigenvalue weighted by atomic mass is 16.3. The molecule has 1 amide bonds. The van der Waals surface area contributed by atoms with Gasteiger partial charge in [-0.15, -0.1) is 0 Å². The summed E-state index contributed by atoms with van der Waals surface area (Å²) in [7, 11) is 0. The molecule has 1 aromatic rings. The molecular weight excluding hydrogens is 194 g/mol. The molecule has 1 fully saturated rings. The van der Waals surface area contributed by atoms with Crippen LogP contribution in [-0.4, -0.2) is 41.5 Å². The van der Waals surface area contributed by atoms with Gasteiger partial charge in [0.2, 0.25) is 0 Å². The van der Waals surface area contributed by atoms with Crippen LogP contribution in [0.1, 0.15) is 23.3 Å². The normalized spacial score (nSPS) is 21.7. The van der Waals surface area contributed by atoms with Crippen LogP contribution >= 0.6 is 0 Å². The van der Waals surface area contributed by atoms with Gasteiger partial charge < -0.3 is 14.6 Å². The Bertz CT molecular complexity index is 361. The Labute approximate surface area is 88.5 Å². The maximum Gasteiger partial charge on any atom is 0.276 e. The molecule has 15 heavy (non-hydrogen) atoms. The van der Waals surface area contributed by atoms with E-state index in [0.717, 1.165) is 19.6 Å². The molecule has 0 saturated carbocycles. The van der Waals surface area contributed by atoms with Crippen LogP contribution in [0.2, 0.25) is 0 Å². The Morgan fingerprint density at radius 2 is 2.53 bits per heavy atom. The number of aromatic nitrogens is 1. The molecule has 0 radical (unpaired) electrons. The van der Waals surface area contributed by atoms with Crippen LogP contribution in [0, 0.1) is 6.92 Å². The van der Waals surface area contributed by atoms with Gasteiger partial charge in [-0.1, -0.05) is 0 Å². The lowest BCUT2D eigenvalue weighted by Crippen LogP contribution is -2.52. The summed E-state index contributed by atoms with van der Waals surface area (Å²) < 4.78 is 5.04. The molecule has 0 spiro atoms. The highest BCUT2D eigenvalue weighted by Crippen LogP contribution is 2.09. The summed E-state index contributed by atoms with van der Waals surface area (Å²) in [6.07, 6.45) is 1.42. The molecule has 1 aliphatic heterocycles. The van der Waals surface area contributed by atoms with Gasteiger partial charge in [0.25, 0.3) is 5.91 Å². The van der Waals surface area contributed by atoms with E-state index >= 15 is 0 Å². The molecule has 1 atom stereocenters. The predicted molar refractivity (Wildman–Crippen MR) is 54.6 cm³/mol. The zero-order chi connectivity index (χ0) is 10.8. The summed E-state index contributed by atoms with van der Waals surface area (Å²) in [4.78, 5) is 17.9. The second-order valence-electron chi connectivity index (χ2n) is 3.80. The molecule has 0 bridgehead atoms. The third-order valence-corrected chi connectivity index (χ3v) is 2.60. The first kappa shape index (κ1) is 10.2. The molecule has 1 aromatic heterocycles. The number of aryl methyl sites for hydroxylation is 1. The van der Waals surface area contributed by atoms with E-state index in [4.69, 9.17) is 4.42 Å². The fourth-order valence-electron chi connectivity index (χ4n) is 1.75. The van der Waals surface area contributed by atoms with Crippen molar-refractivity contribution in [3.8, 4) is 0 Å². The van der Waals surface area contributed by atoms with Crippen LogP contribution in [0.15, 0.2) is 10.7 Å². The van der Waals surface area contributed by atoms with Crippen molar-refractivity contribution < 1.29 is 9.21 Å². The number of carbonyl (C=O) groups is 1. The molecule has 5 nitrogen and oxygen atoms in total. The molecule has 1 aliphatic rings. The molecule has 0 aliphatic carbocycles. The number of amides is 1. The third-order valence-electron chi connectivity index (χ3n) is 2.60. The topological polar surface area (TPSA) is 58.4 Å². The number of carbonyl (C=O) groups excluding carboxylic acids is 1. The number of hydrogen-bond acceptors (Lipinski definition) is 4. The molecule has 5 heteroatoms. The van der Waals surface area contributed by atoms with E-state index in [1.165, 1.54) is 6.26 Å². The van der Waals surface area contributed by atoms with E-state index in [2.05, 4.69) is 10.3 Å². The highest BCUT2D eigenvalue weighted by Gasteiger charge is 2.25. The molecule has 0 aromatic carbocycles. The average molecular weight is 209 g/mol. The number of nitrogens with one attached hydrogen (secondary N) is 1. The van der Waals surface area contributed by atoms with Crippen molar-refractivity contribution in [3.05, 3.63) is 17.8 Å². The molecule has 1 N–H and O–H groups in total. The number of hydrogen-bond donors (Lipinski definition) is 1. The highest BCUT2D eigenvalue weighted by molar-refractivity contribution is 5.92. The molecule has 1 saturated heterocycles. The van der Waals surface area contributed by atoms with Crippen LogP contribution < -0.4 is 5.32 Å². The minimum Gasteiger partial charge on any atom is -0.448 e. The minimum absolute atomic E-state index is 0.0409. The van der Waals surface area contributed by atoms with E-state index in [9.17, 15) is 4.79 Å². The van der Waals surface area contributed by atoms with Gasteiger partial charge in [-0.05, 0) is 6.92 Å². The van der Waals surface area contributed by atoms with Crippen molar-refractivity contribution in [3.63, 3.8) is 0 Å². The van der Waals surface area contributed by atoms with Crippen LogP contribution in [0.4, 0.5) is 0 Å². The first-order valence-corrected chi connectivity index (χ1v) is 5.12. The van der Waals surface area contributed by atoms with Crippen LogP contribution in [0.25, 0.3) is 0 Å². The Morgan fingerprint density at radius 1 is 1.73 bits per heavy atom.